The molecule has 8 heteroatoms. The summed E-state index contributed by atoms with van der Waals surface area (Å²) in [7, 11) is 5.08. The van der Waals surface area contributed by atoms with E-state index in [-0.39, 0.29) is 30.2 Å². The normalized spacial score (nSPS) is 18.9. The number of amides is 1. The summed E-state index contributed by atoms with van der Waals surface area (Å²) in [6.07, 6.45) is 3.81. The second-order valence-corrected chi connectivity index (χ2v) is 6.19. The molecule has 1 aliphatic rings. The third-order valence-corrected chi connectivity index (χ3v) is 4.64. The van der Waals surface area contributed by atoms with E-state index in [1.165, 1.54) is 0 Å². The number of halogens is 1. The molecule has 1 fully saturated rings. The average molecular weight is 381 g/mol. The molecule has 26 heavy (non-hydrogen) atoms. The van der Waals surface area contributed by atoms with Crippen LogP contribution in [0, 0.1) is 5.92 Å². The van der Waals surface area contributed by atoms with Crippen LogP contribution in [0.4, 0.5) is 0 Å². The summed E-state index contributed by atoms with van der Waals surface area (Å²) in [5.74, 6) is 1.37. The fourth-order valence-corrected chi connectivity index (χ4v) is 3.34. The molecule has 0 unspecified atom stereocenters. The molecule has 1 aromatic carbocycles. The molecule has 0 bridgehead atoms. The van der Waals surface area contributed by atoms with Crippen molar-refractivity contribution in [3.63, 3.8) is 0 Å². The zero-order valence-corrected chi connectivity index (χ0v) is 16.0. The van der Waals surface area contributed by atoms with E-state index in [0.717, 1.165) is 17.7 Å². The van der Waals surface area contributed by atoms with Crippen molar-refractivity contribution >= 4 is 18.3 Å². The van der Waals surface area contributed by atoms with E-state index in [9.17, 15) is 4.79 Å². The van der Waals surface area contributed by atoms with Gasteiger partial charge in [0.25, 0.3) is 0 Å². The van der Waals surface area contributed by atoms with Gasteiger partial charge in [0.05, 0.1) is 26.3 Å². The molecule has 142 valence electrons. The number of benzene rings is 1. The molecular weight excluding hydrogens is 356 g/mol. The number of nitrogens with zero attached hydrogens (tertiary/aromatic N) is 2. The number of aryl methyl sites for hydroxylation is 1. The van der Waals surface area contributed by atoms with Gasteiger partial charge in [-0.05, 0) is 11.6 Å². The van der Waals surface area contributed by atoms with Gasteiger partial charge in [0, 0.05) is 44.4 Å². The number of ether oxygens (including phenoxy) is 2. The number of para-hydroxylation sites is 1. The summed E-state index contributed by atoms with van der Waals surface area (Å²) in [5, 5.41) is 10.6. The van der Waals surface area contributed by atoms with Gasteiger partial charge in [-0.1, -0.05) is 12.1 Å². The molecule has 1 saturated heterocycles. The van der Waals surface area contributed by atoms with Crippen LogP contribution >= 0.6 is 12.4 Å². The highest BCUT2D eigenvalue weighted by molar-refractivity contribution is 5.85. The molecule has 1 amide bonds. The van der Waals surface area contributed by atoms with Crippen molar-refractivity contribution in [2.75, 3.05) is 27.3 Å². The first-order chi connectivity index (χ1) is 12.1. The second-order valence-electron chi connectivity index (χ2n) is 6.19. The predicted octanol–water partition coefficient (Wildman–Crippen LogP) is 1.48. The van der Waals surface area contributed by atoms with E-state index in [0.29, 0.717) is 24.6 Å². The average Bonchev–Trinajstić information content (AvgIpc) is 3.27. The SMILES string of the molecule is COc1cccc(CNC(=O)[C@H]2CNC[C@@H]2c2cnn(C)c2)c1OC.Cl. The standard InChI is InChI=1S/C18H24N4O3.ClH/c1-22-11-13(8-21-22)14-9-19-10-15(14)18(23)20-7-12-5-4-6-16(24-2)17(12)25-3;/h4-6,8,11,14-15,19H,7,9-10H2,1-3H3,(H,20,23);1H/t14-,15+;/m1./s1. The minimum atomic E-state index is -0.110. The Morgan fingerprint density at radius 3 is 2.81 bits per heavy atom. The van der Waals surface area contributed by atoms with Gasteiger partial charge in [-0.15, -0.1) is 12.4 Å². The van der Waals surface area contributed by atoms with E-state index in [1.54, 1.807) is 18.9 Å². The molecule has 2 aromatic rings. The molecule has 1 aromatic heterocycles. The Hall–Kier alpha value is -2.25. The van der Waals surface area contributed by atoms with E-state index >= 15 is 0 Å². The number of methoxy groups -OCH3 is 2. The van der Waals surface area contributed by atoms with E-state index in [4.69, 9.17) is 9.47 Å². The van der Waals surface area contributed by atoms with Crippen molar-refractivity contribution in [1.29, 1.82) is 0 Å². The van der Waals surface area contributed by atoms with Gasteiger partial charge in [0.1, 0.15) is 0 Å². The first-order valence-electron chi connectivity index (χ1n) is 8.31. The van der Waals surface area contributed by atoms with Crippen molar-refractivity contribution in [1.82, 2.24) is 20.4 Å². The van der Waals surface area contributed by atoms with Crippen LogP contribution in [0.3, 0.4) is 0 Å². The van der Waals surface area contributed by atoms with Crippen LogP contribution in [0.25, 0.3) is 0 Å². The first-order valence-corrected chi connectivity index (χ1v) is 8.31. The lowest BCUT2D eigenvalue weighted by atomic mass is 9.90. The minimum absolute atomic E-state index is 0. The van der Waals surface area contributed by atoms with Crippen molar-refractivity contribution in [2.24, 2.45) is 13.0 Å². The molecule has 2 atom stereocenters. The molecule has 7 nitrogen and oxygen atoms in total. The van der Waals surface area contributed by atoms with E-state index in [1.807, 2.05) is 37.6 Å². The van der Waals surface area contributed by atoms with E-state index < -0.39 is 0 Å². The van der Waals surface area contributed by atoms with Gasteiger partial charge in [-0.3, -0.25) is 9.48 Å². The predicted molar refractivity (Wildman–Crippen MR) is 101 cm³/mol. The Kier molecular flexibility index (Phi) is 6.88. The number of aromatic nitrogens is 2. The first kappa shape index (κ1) is 20.1. The topological polar surface area (TPSA) is 77.4 Å². The van der Waals surface area contributed by atoms with Gasteiger partial charge >= 0.3 is 0 Å². The maximum absolute atomic E-state index is 12.7. The van der Waals surface area contributed by atoms with E-state index in [2.05, 4.69) is 15.7 Å². The summed E-state index contributed by atoms with van der Waals surface area (Å²) in [4.78, 5) is 12.7. The molecule has 3 rings (SSSR count). The third kappa shape index (κ3) is 4.11. The third-order valence-electron chi connectivity index (χ3n) is 4.64. The molecule has 0 saturated carbocycles. The number of hydrogen-bond donors (Lipinski definition) is 2. The number of nitrogens with one attached hydrogen (secondary N) is 2. The van der Waals surface area contributed by atoms with Gasteiger partial charge < -0.3 is 20.1 Å². The van der Waals surface area contributed by atoms with Crippen LogP contribution < -0.4 is 20.1 Å². The molecule has 0 radical (unpaired) electrons. The Labute approximate surface area is 159 Å². The molecule has 2 heterocycles. The number of carbonyl (C=O) groups excluding carboxylic acids is 1. The van der Waals surface area contributed by atoms with Gasteiger partial charge in [0.2, 0.25) is 5.91 Å². The number of hydrogen-bond acceptors (Lipinski definition) is 5. The lowest BCUT2D eigenvalue weighted by Crippen LogP contribution is -2.34. The van der Waals surface area contributed by atoms with Crippen molar-refractivity contribution in [3.05, 3.63) is 41.7 Å². The van der Waals surface area contributed by atoms with Gasteiger partial charge in [-0.2, -0.15) is 5.10 Å². The van der Waals surface area contributed by atoms with Crippen LogP contribution in [-0.4, -0.2) is 43.0 Å². The zero-order valence-electron chi connectivity index (χ0n) is 15.2. The van der Waals surface area contributed by atoms with Crippen molar-refractivity contribution < 1.29 is 14.3 Å². The van der Waals surface area contributed by atoms with Crippen LogP contribution in [0.2, 0.25) is 0 Å². The summed E-state index contributed by atoms with van der Waals surface area (Å²) in [5.41, 5.74) is 1.98. The fraction of sp³-hybridized carbons (Fsp3) is 0.444. The van der Waals surface area contributed by atoms with Crippen LogP contribution in [0.5, 0.6) is 11.5 Å². The number of carbonyl (C=O) groups is 1. The van der Waals surface area contributed by atoms with Crippen molar-refractivity contribution in [2.45, 2.75) is 12.5 Å². The minimum Gasteiger partial charge on any atom is -0.493 e. The molecule has 0 aliphatic carbocycles. The summed E-state index contributed by atoms with van der Waals surface area (Å²) < 4.78 is 12.5. The maximum Gasteiger partial charge on any atom is 0.225 e. The quantitative estimate of drug-likeness (QED) is 0.793. The highest BCUT2D eigenvalue weighted by Gasteiger charge is 2.34. The van der Waals surface area contributed by atoms with Crippen LogP contribution in [0.1, 0.15) is 17.0 Å². The molecule has 0 spiro atoms. The monoisotopic (exact) mass is 380 g/mol. The molecule has 2 N–H and O–H groups in total. The van der Waals surface area contributed by atoms with Crippen LogP contribution in [-0.2, 0) is 18.4 Å². The van der Waals surface area contributed by atoms with Gasteiger partial charge in [-0.25, -0.2) is 0 Å². The Balaban J connectivity index is 0.00000243. The maximum atomic E-state index is 12.7. The van der Waals surface area contributed by atoms with Gasteiger partial charge in [0.15, 0.2) is 11.5 Å². The number of rotatable bonds is 6. The summed E-state index contributed by atoms with van der Waals surface area (Å²) in [6.45, 7) is 1.85. The Morgan fingerprint density at radius 1 is 1.35 bits per heavy atom. The Morgan fingerprint density at radius 2 is 2.15 bits per heavy atom. The highest BCUT2D eigenvalue weighted by Crippen LogP contribution is 2.31. The lowest BCUT2D eigenvalue weighted by Gasteiger charge is -2.18. The van der Waals surface area contributed by atoms with Crippen molar-refractivity contribution in [3.8, 4) is 11.5 Å². The fourth-order valence-electron chi connectivity index (χ4n) is 3.34. The lowest BCUT2D eigenvalue weighted by molar-refractivity contribution is -0.125. The summed E-state index contributed by atoms with van der Waals surface area (Å²) >= 11 is 0. The smallest absolute Gasteiger partial charge is 0.225 e. The zero-order chi connectivity index (χ0) is 17.8. The highest BCUT2D eigenvalue weighted by atomic mass is 35.5. The summed E-state index contributed by atoms with van der Waals surface area (Å²) in [6, 6.07) is 5.65. The second kappa shape index (κ2) is 8.91. The molecule has 1 aliphatic heterocycles. The molecular formula is C18H25ClN4O3. The van der Waals surface area contributed by atoms with Crippen LogP contribution in [0.15, 0.2) is 30.6 Å². The largest absolute Gasteiger partial charge is 0.493 e. The Bertz CT molecular complexity index is 750.